The molecule has 2 amide bonds. The van der Waals surface area contributed by atoms with E-state index in [0.717, 1.165) is 32.9 Å². The van der Waals surface area contributed by atoms with E-state index in [-0.39, 0.29) is 18.7 Å². The van der Waals surface area contributed by atoms with Crippen LogP contribution in [0, 0.1) is 0 Å². The van der Waals surface area contributed by atoms with E-state index in [2.05, 4.69) is 25.1 Å². The molecule has 1 saturated heterocycles. The summed E-state index contributed by atoms with van der Waals surface area (Å²) in [7, 11) is 1.36. The Balaban J connectivity index is 1.54. The predicted molar refractivity (Wildman–Crippen MR) is 122 cm³/mol. The maximum absolute atomic E-state index is 13.2. The number of benzene rings is 2. The van der Waals surface area contributed by atoms with Gasteiger partial charge in [-0.15, -0.1) is 11.3 Å². The first-order valence-corrected chi connectivity index (χ1v) is 11.5. The number of carbonyl (C=O) groups is 2. The minimum absolute atomic E-state index is 0.263. The van der Waals surface area contributed by atoms with Crippen LogP contribution in [-0.2, 0) is 27.4 Å². The fraction of sp³-hybridized carbons (Fsp3) is 0.280. The van der Waals surface area contributed by atoms with Crippen LogP contribution in [0.2, 0.25) is 0 Å². The van der Waals surface area contributed by atoms with Crippen molar-refractivity contribution in [2.45, 2.75) is 32.0 Å². The first-order valence-electron chi connectivity index (χ1n) is 10.7. The van der Waals surface area contributed by atoms with Crippen LogP contribution in [0.4, 0.5) is 4.79 Å². The van der Waals surface area contributed by atoms with E-state index in [1.165, 1.54) is 17.7 Å². The highest BCUT2D eigenvalue weighted by Gasteiger charge is 2.52. The van der Waals surface area contributed by atoms with Crippen molar-refractivity contribution in [2.24, 2.45) is 0 Å². The van der Waals surface area contributed by atoms with Crippen molar-refractivity contribution in [2.75, 3.05) is 13.7 Å². The molecule has 2 bridgehead atoms. The largest absolute Gasteiger partial charge is 0.467 e. The summed E-state index contributed by atoms with van der Waals surface area (Å²) in [6.07, 6.45) is 0.916. The predicted octanol–water partition coefficient (Wildman–Crippen LogP) is 5.12. The zero-order chi connectivity index (χ0) is 22.2. The standard InChI is InChI=1S/C25H24N2O4S/c1-3-17-11-7-8-12-18(17)21-13-19-20-14-26(22(23(19)32-21)24(28)30-2)25(29)27(20)31-15-16-9-5-4-6-10-16/h4-13,20,22H,3,14-15H2,1-2H3/t20-,22+/m1/s1. The third kappa shape index (κ3) is 3.38. The van der Waals surface area contributed by atoms with Gasteiger partial charge in [0.2, 0.25) is 0 Å². The first kappa shape index (κ1) is 20.7. The number of hydrogen-bond donors (Lipinski definition) is 0. The second-order valence-corrected chi connectivity index (χ2v) is 8.99. The highest BCUT2D eigenvalue weighted by atomic mass is 32.1. The average molecular weight is 449 g/mol. The van der Waals surface area contributed by atoms with Crippen LogP contribution >= 0.6 is 11.3 Å². The third-order valence-corrected chi connectivity index (χ3v) is 7.33. The van der Waals surface area contributed by atoms with Gasteiger partial charge in [0.05, 0.1) is 13.7 Å². The summed E-state index contributed by atoms with van der Waals surface area (Å²) in [5.74, 6) is -0.430. The zero-order valence-corrected chi connectivity index (χ0v) is 18.8. The van der Waals surface area contributed by atoms with E-state index < -0.39 is 12.0 Å². The van der Waals surface area contributed by atoms with E-state index in [1.807, 2.05) is 42.5 Å². The number of amides is 2. The Hall–Kier alpha value is -3.16. The first-order chi connectivity index (χ1) is 15.6. The molecular formula is C25H24N2O4S. The summed E-state index contributed by atoms with van der Waals surface area (Å²) in [5, 5.41) is 1.43. The molecule has 1 aromatic heterocycles. The molecule has 5 rings (SSSR count). The molecule has 0 N–H and O–H groups in total. The Morgan fingerprint density at radius 3 is 2.62 bits per heavy atom. The third-order valence-electron chi connectivity index (χ3n) is 6.10. The van der Waals surface area contributed by atoms with Crippen LogP contribution < -0.4 is 0 Å². The van der Waals surface area contributed by atoms with Crippen molar-refractivity contribution in [3.8, 4) is 10.4 Å². The average Bonchev–Trinajstić information content (AvgIpc) is 3.39. The lowest BCUT2D eigenvalue weighted by atomic mass is 9.97. The number of methoxy groups -OCH3 is 1. The number of aryl methyl sites for hydroxylation is 1. The lowest BCUT2D eigenvalue weighted by Gasteiger charge is -2.28. The molecule has 0 aliphatic carbocycles. The van der Waals surface area contributed by atoms with Gasteiger partial charge in [-0.25, -0.2) is 9.59 Å². The molecule has 0 unspecified atom stereocenters. The van der Waals surface area contributed by atoms with Gasteiger partial charge in [0, 0.05) is 9.75 Å². The molecule has 7 heteroatoms. The van der Waals surface area contributed by atoms with Crippen molar-refractivity contribution in [3.05, 3.63) is 82.2 Å². The van der Waals surface area contributed by atoms with Crippen molar-refractivity contribution in [1.82, 2.24) is 9.96 Å². The van der Waals surface area contributed by atoms with Crippen LogP contribution in [0.5, 0.6) is 0 Å². The van der Waals surface area contributed by atoms with Gasteiger partial charge in [0.1, 0.15) is 12.6 Å². The van der Waals surface area contributed by atoms with Gasteiger partial charge in [-0.2, -0.15) is 5.06 Å². The molecule has 1 fully saturated rings. The van der Waals surface area contributed by atoms with Gasteiger partial charge in [-0.3, -0.25) is 4.84 Å². The fourth-order valence-corrected chi connectivity index (χ4v) is 5.86. The number of thiophene rings is 1. The number of fused-ring (bicyclic) bond motifs is 4. The smallest absolute Gasteiger partial charge is 0.345 e. The van der Waals surface area contributed by atoms with Crippen molar-refractivity contribution < 1.29 is 19.2 Å². The van der Waals surface area contributed by atoms with Crippen LogP contribution in [0.15, 0.2) is 60.7 Å². The molecular weight excluding hydrogens is 424 g/mol. The molecule has 0 spiro atoms. The molecule has 3 heterocycles. The van der Waals surface area contributed by atoms with E-state index in [0.29, 0.717) is 6.54 Å². The van der Waals surface area contributed by atoms with E-state index >= 15 is 0 Å². The minimum Gasteiger partial charge on any atom is -0.467 e. The number of carbonyl (C=O) groups excluding carboxylic acids is 2. The highest BCUT2D eigenvalue weighted by Crippen LogP contribution is 2.50. The number of hydrogen-bond acceptors (Lipinski definition) is 5. The zero-order valence-electron chi connectivity index (χ0n) is 18.0. The van der Waals surface area contributed by atoms with Crippen LogP contribution in [0.3, 0.4) is 0 Å². The SMILES string of the molecule is CCc1ccccc1-c1cc2c(s1)[C@@H](C(=O)OC)N1C[C@H]2N(OCc2ccccc2)C1=O. The fourth-order valence-electron chi connectivity index (χ4n) is 4.48. The number of ether oxygens (including phenoxy) is 1. The van der Waals surface area contributed by atoms with Crippen molar-refractivity contribution in [1.29, 1.82) is 0 Å². The van der Waals surface area contributed by atoms with E-state index in [1.54, 1.807) is 16.2 Å². The summed E-state index contributed by atoms with van der Waals surface area (Å²) in [5.41, 5.74) is 4.34. The Kier molecular flexibility index (Phi) is 5.45. The number of hydroxylamine groups is 2. The van der Waals surface area contributed by atoms with Crippen LogP contribution in [0.1, 0.15) is 40.6 Å². The van der Waals surface area contributed by atoms with Gasteiger partial charge in [-0.1, -0.05) is 61.5 Å². The summed E-state index contributed by atoms with van der Waals surface area (Å²) in [6, 6.07) is 18.8. The van der Waals surface area contributed by atoms with Crippen molar-refractivity contribution >= 4 is 23.3 Å². The molecule has 2 aliphatic heterocycles. The molecule has 2 atom stereocenters. The summed E-state index contributed by atoms with van der Waals surface area (Å²) >= 11 is 1.56. The molecule has 0 saturated carbocycles. The summed E-state index contributed by atoms with van der Waals surface area (Å²) in [4.78, 5) is 35.4. The molecule has 2 aliphatic rings. The Labute approximate surface area is 190 Å². The van der Waals surface area contributed by atoms with Crippen LogP contribution in [0.25, 0.3) is 10.4 Å². The van der Waals surface area contributed by atoms with Crippen LogP contribution in [-0.4, -0.2) is 35.6 Å². The molecule has 6 nitrogen and oxygen atoms in total. The Morgan fingerprint density at radius 1 is 1.12 bits per heavy atom. The quantitative estimate of drug-likeness (QED) is 0.492. The second kappa shape index (κ2) is 8.41. The number of esters is 1. The normalized spacial score (nSPS) is 19.2. The van der Waals surface area contributed by atoms with E-state index in [9.17, 15) is 9.59 Å². The van der Waals surface area contributed by atoms with Gasteiger partial charge in [0.25, 0.3) is 0 Å². The number of rotatable bonds is 6. The number of nitrogens with zero attached hydrogens (tertiary/aromatic N) is 2. The topological polar surface area (TPSA) is 59.1 Å². The maximum Gasteiger partial charge on any atom is 0.345 e. The van der Waals surface area contributed by atoms with Crippen molar-refractivity contribution in [3.63, 3.8) is 0 Å². The minimum atomic E-state index is -0.753. The van der Waals surface area contributed by atoms with E-state index in [4.69, 9.17) is 9.57 Å². The molecule has 32 heavy (non-hydrogen) atoms. The molecule has 3 aromatic rings. The summed E-state index contributed by atoms with van der Waals surface area (Å²) in [6.45, 7) is 2.81. The van der Waals surface area contributed by atoms with Gasteiger partial charge in [-0.05, 0) is 34.7 Å². The van der Waals surface area contributed by atoms with Gasteiger partial charge >= 0.3 is 12.0 Å². The second-order valence-electron chi connectivity index (χ2n) is 7.90. The lowest BCUT2D eigenvalue weighted by molar-refractivity contribution is -0.146. The van der Waals surface area contributed by atoms with Gasteiger partial charge < -0.3 is 9.64 Å². The Bertz CT molecular complexity index is 1160. The molecule has 0 radical (unpaired) electrons. The maximum atomic E-state index is 13.2. The summed E-state index contributed by atoms with van der Waals surface area (Å²) < 4.78 is 5.08. The molecule has 164 valence electrons. The lowest BCUT2D eigenvalue weighted by Crippen LogP contribution is -2.38. The molecule has 2 aromatic carbocycles. The monoisotopic (exact) mass is 448 g/mol. The highest BCUT2D eigenvalue weighted by molar-refractivity contribution is 7.16. The number of urea groups is 1. The van der Waals surface area contributed by atoms with Gasteiger partial charge in [0.15, 0.2) is 6.04 Å². The Morgan fingerprint density at radius 2 is 1.88 bits per heavy atom.